The van der Waals surface area contributed by atoms with Gasteiger partial charge in [0.1, 0.15) is 0 Å². The molecular formula is C24H23N3O3S. The molecule has 0 fully saturated rings. The summed E-state index contributed by atoms with van der Waals surface area (Å²) >= 11 is 0. The van der Waals surface area contributed by atoms with Crippen LogP contribution in [-0.4, -0.2) is 14.3 Å². The lowest BCUT2D eigenvalue weighted by Crippen LogP contribution is -2.18. The number of nitrogens with one attached hydrogen (secondary N) is 2. The molecule has 0 saturated heterocycles. The zero-order valence-electron chi connectivity index (χ0n) is 17.8. The molecule has 0 aliphatic carbocycles. The van der Waals surface area contributed by atoms with Gasteiger partial charge >= 0.3 is 0 Å². The topological polar surface area (TPSA) is 99.1 Å². The largest absolute Gasteiger partial charge is 0.322 e. The van der Waals surface area contributed by atoms with E-state index in [2.05, 4.69) is 10.0 Å². The van der Waals surface area contributed by atoms with E-state index < -0.39 is 15.9 Å². The highest BCUT2D eigenvalue weighted by atomic mass is 32.2. The number of rotatable bonds is 5. The van der Waals surface area contributed by atoms with E-state index in [4.69, 9.17) is 5.26 Å². The molecule has 158 valence electrons. The number of hydrogen-bond acceptors (Lipinski definition) is 4. The summed E-state index contributed by atoms with van der Waals surface area (Å²) in [5.41, 5.74) is 4.54. The van der Waals surface area contributed by atoms with Crippen molar-refractivity contribution >= 4 is 27.3 Å². The molecule has 7 heteroatoms. The van der Waals surface area contributed by atoms with Gasteiger partial charge in [0, 0.05) is 11.3 Å². The first-order valence-corrected chi connectivity index (χ1v) is 11.1. The number of hydrogen-bond donors (Lipinski definition) is 2. The van der Waals surface area contributed by atoms with E-state index in [1.165, 1.54) is 6.07 Å². The van der Waals surface area contributed by atoms with Crippen LogP contribution >= 0.6 is 0 Å². The molecular weight excluding hydrogens is 410 g/mol. The Balaban J connectivity index is 1.91. The van der Waals surface area contributed by atoms with Crippen LogP contribution in [0.25, 0.3) is 0 Å². The molecule has 0 aromatic heterocycles. The molecule has 0 unspecified atom stereocenters. The maximum Gasteiger partial charge on any atom is 0.262 e. The van der Waals surface area contributed by atoms with Crippen molar-refractivity contribution in [3.8, 4) is 6.07 Å². The summed E-state index contributed by atoms with van der Waals surface area (Å²) in [6.45, 7) is 7.22. The second kappa shape index (κ2) is 8.62. The molecule has 6 nitrogen and oxygen atoms in total. The maximum absolute atomic E-state index is 13.1. The van der Waals surface area contributed by atoms with Gasteiger partial charge in [-0.1, -0.05) is 29.8 Å². The van der Waals surface area contributed by atoms with Gasteiger partial charge in [-0.25, -0.2) is 8.42 Å². The van der Waals surface area contributed by atoms with E-state index in [9.17, 15) is 13.2 Å². The molecule has 0 atom stereocenters. The number of nitrogens with zero attached hydrogens (tertiary/aromatic N) is 1. The van der Waals surface area contributed by atoms with Gasteiger partial charge in [0.25, 0.3) is 15.9 Å². The van der Waals surface area contributed by atoms with Crippen LogP contribution in [0, 0.1) is 39.0 Å². The number of carbonyl (C=O) groups excluding carboxylic acids is 1. The zero-order valence-corrected chi connectivity index (χ0v) is 18.6. The second-order valence-corrected chi connectivity index (χ2v) is 9.13. The standard InChI is InChI=1S/C24H23N3O3S/c1-15-10-17(3)23(18(4)11-15)31(29,30)27-22-13-20(9-8-16(22)2)24(28)26-21-7-5-6-19(12-21)14-25/h5-13,27H,1-4H3,(H,26,28). The lowest BCUT2D eigenvalue weighted by atomic mass is 10.1. The molecule has 0 aliphatic heterocycles. The highest BCUT2D eigenvalue weighted by molar-refractivity contribution is 7.92. The first-order chi connectivity index (χ1) is 14.6. The van der Waals surface area contributed by atoms with Crippen LogP contribution < -0.4 is 10.0 Å². The third-order valence-corrected chi connectivity index (χ3v) is 6.54. The first kappa shape index (κ1) is 22.1. The Hall–Kier alpha value is -3.63. The van der Waals surface area contributed by atoms with E-state index >= 15 is 0 Å². The normalized spacial score (nSPS) is 10.9. The molecule has 0 aliphatic rings. The smallest absolute Gasteiger partial charge is 0.262 e. The van der Waals surface area contributed by atoms with Crippen molar-refractivity contribution in [1.29, 1.82) is 5.26 Å². The Morgan fingerprint density at radius 3 is 2.23 bits per heavy atom. The summed E-state index contributed by atoms with van der Waals surface area (Å²) in [5, 5.41) is 11.7. The number of amides is 1. The number of sulfonamides is 1. The van der Waals surface area contributed by atoms with Gasteiger partial charge in [0.15, 0.2) is 0 Å². The monoisotopic (exact) mass is 433 g/mol. The van der Waals surface area contributed by atoms with Gasteiger partial charge in [0.05, 0.1) is 22.2 Å². The lowest BCUT2D eigenvalue weighted by Gasteiger charge is -2.16. The third kappa shape index (κ3) is 4.93. The predicted molar refractivity (Wildman–Crippen MR) is 122 cm³/mol. The Bertz CT molecular complexity index is 1300. The van der Waals surface area contributed by atoms with E-state index in [1.807, 2.05) is 25.1 Å². The quantitative estimate of drug-likeness (QED) is 0.601. The highest BCUT2D eigenvalue weighted by Crippen LogP contribution is 2.26. The number of aryl methyl sites for hydroxylation is 4. The van der Waals surface area contributed by atoms with Crippen molar-refractivity contribution in [2.75, 3.05) is 10.0 Å². The Kier molecular flexibility index (Phi) is 6.14. The number of carbonyl (C=O) groups is 1. The van der Waals surface area contributed by atoms with Crippen molar-refractivity contribution < 1.29 is 13.2 Å². The van der Waals surface area contributed by atoms with Crippen LogP contribution in [0.15, 0.2) is 59.5 Å². The van der Waals surface area contributed by atoms with Gasteiger partial charge in [-0.15, -0.1) is 0 Å². The van der Waals surface area contributed by atoms with Crippen LogP contribution in [0.2, 0.25) is 0 Å². The minimum absolute atomic E-state index is 0.237. The molecule has 3 rings (SSSR count). The zero-order chi connectivity index (χ0) is 22.8. The highest BCUT2D eigenvalue weighted by Gasteiger charge is 2.21. The van der Waals surface area contributed by atoms with Gasteiger partial charge in [-0.05, 0) is 74.7 Å². The lowest BCUT2D eigenvalue weighted by molar-refractivity contribution is 0.102. The van der Waals surface area contributed by atoms with E-state index in [1.54, 1.807) is 57.2 Å². The van der Waals surface area contributed by atoms with Crippen molar-refractivity contribution in [3.05, 3.63) is 88.0 Å². The van der Waals surface area contributed by atoms with Gasteiger partial charge in [-0.3, -0.25) is 9.52 Å². The summed E-state index contributed by atoms with van der Waals surface area (Å²) < 4.78 is 28.8. The molecule has 0 bridgehead atoms. The molecule has 0 spiro atoms. The van der Waals surface area contributed by atoms with Crippen LogP contribution in [0.5, 0.6) is 0 Å². The predicted octanol–water partition coefficient (Wildman–Crippen LogP) is 4.85. The SMILES string of the molecule is Cc1cc(C)c(S(=O)(=O)Nc2cc(C(=O)Nc3cccc(C#N)c3)ccc2C)c(C)c1. The van der Waals surface area contributed by atoms with Crippen LogP contribution in [0.3, 0.4) is 0 Å². The van der Waals surface area contributed by atoms with E-state index in [0.717, 1.165) is 5.56 Å². The Morgan fingerprint density at radius 1 is 0.903 bits per heavy atom. The average molecular weight is 434 g/mol. The minimum Gasteiger partial charge on any atom is -0.322 e. The maximum atomic E-state index is 13.1. The van der Waals surface area contributed by atoms with Gasteiger partial charge in [-0.2, -0.15) is 5.26 Å². The van der Waals surface area contributed by atoms with Crippen molar-refractivity contribution in [1.82, 2.24) is 0 Å². The molecule has 1 amide bonds. The second-order valence-electron chi connectivity index (χ2n) is 7.51. The minimum atomic E-state index is -3.84. The van der Waals surface area contributed by atoms with Gasteiger partial charge < -0.3 is 5.32 Å². The summed E-state index contributed by atoms with van der Waals surface area (Å²) in [5.74, 6) is -0.404. The van der Waals surface area contributed by atoms with Crippen LogP contribution in [0.1, 0.15) is 38.2 Å². The Labute approximate surface area is 182 Å². The van der Waals surface area contributed by atoms with Crippen molar-refractivity contribution in [2.24, 2.45) is 0 Å². The molecule has 31 heavy (non-hydrogen) atoms. The first-order valence-electron chi connectivity index (χ1n) is 9.63. The molecule has 2 N–H and O–H groups in total. The molecule has 3 aromatic rings. The van der Waals surface area contributed by atoms with E-state index in [-0.39, 0.29) is 4.90 Å². The molecule has 0 radical (unpaired) electrons. The summed E-state index contributed by atoms with van der Waals surface area (Å²) in [6.07, 6.45) is 0. The molecule has 0 saturated carbocycles. The van der Waals surface area contributed by atoms with Crippen LogP contribution in [-0.2, 0) is 10.0 Å². The summed E-state index contributed by atoms with van der Waals surface area (Å²) in [4.78, 5) is 12.9. The molecule has 3 aromatic carbocycles. The fourth-order valence-corrected chi connectivity index (χ4v) is 5.11. The Morgan fingerprint density at radius 2 is 1.58 bits per heavy atom. The number of anilines is 2. The van der Waals surface area contributed by atoms with Crippen LogP contribution in [0.4, 0.5) is 11.4 Å². The van der Waals surface area contributed by atoms with Gasteiger partial charge in [0.2, 0.25) is 0 Å². The van der Waals surface area contributed by atoms with E-state index in [0.29, 0.717) is 39.2 Å². The summed E-state index contributed by atoms with van der Waals surface area (Å²) in [7, 11) is -3.84. The fraction of sp³-hybridized carbons (Fsp3) is 0.167. The van der Waals surface area contributed by atoms with Crippen molar-refractivity contribution in [2.45, 2.75) is 32.6 Å². The number of nitriles is 1. The molecule has 0 heterocycles. The summed E-state index contributed by atoms with van der Waals surface area (Å²) in [6, 6.07) is 17.1. The average Bonchev–Trinajstić information content (AvgIpc) is 2.68. The number of benzene rings is 3. The van der Waals surface area contributed by atoms with Crippen molar-refractivity contribution in [3.63, 3.8) is 0 Å². The fourth-order valence-electron chi connectivity index (χ4n) is 3.53. The third-order valence-electron chi connectivity index (χ3n) is 4.87.